The van der Waals surface area contributed by atoms with E-state index in [0.717, 1.165) is 11.0 Å². The first-order valence-corrected chi connectivity index (χ1v) is 7.15. The van der Waals surface area contributed by atoms with Crippen LogP contribution in [0, 0.1) is 5.82 Å². The lowest BCUT2D eigenvalue weighted by Gasteiger charge is -2.26. The van der Waals surface area contributed by atoms with E-state index < -0.39 is 23.7 Å². The molecular weight excluding hydrogens is 307 g/mol. The number of carbonyl (C=O) groups excluding carboxylic acids is 3. The van der Waals surface area contributed by atoms with Crippen LogP contribution in [0.3, 0.4) is 0 Å². The number of halogens is 1. The van der Waals surface area contributed by atoms with Gasteiger partial charge in [-0.1, -0.05) is 12.1 Å². The van der Waals surface area contributed by atoms with Gasteiger partial charge in [-0.3, -0.25) is 14.9 Å². The van der Waals surface area contributed by atoms with Crippen LogP contribution >= 0.6 is 11.3 Å². The monoisotopic (exact) mass is 316 g/mol. The van der Waals surface area contributed by atoms with E-state index in [9.17, 15) is 18.8 Å². The smallest absolute Gasteiger partial charge is 0.273 e. The molecule has 3 rings (SSSR count). The topological polar surface area (TPSA) is 66.5 Å². The van der Waals surface area contributed by atoms with Gasteiger partial charge < -0.3 is 0 Å². The number of urea groups is 1. The highest BCUT2D eigenvalue weighted by Crippen LogP contribution is 2.23. The van der Waals surface area contributed by atoms with Gasteiger partial charge in [0.05, 0.1) is 5.69 Å². The summed E-state index contributed by atoms with van der Waals surface area (Å²) in [4.78, 5) is 37.7. The summed E-state index contributed by atoms with van der Waals surface area (Å²) in [5, 5.41) is 3.88. The third-order valence-corrected chi connectivity index (χ3v) is 3.82. The van der Waals surface area contributed by atoms with Gasteiger partial charge >= 0.3 is 6.03 Å². The van der Waals surface area contributed by atoms with Gasteiger partial charge in [0.25, 0.3) is 11.8 Å². The molecule has 22 heavy (non-hydrogen) atoms. The van der Waals surface area contributed by atoms with Gasteiger partial charge in [0.15, 0.2) is 0 Å². The SMILES string of the molecule is O=C1NC(=O)N(c2cccc(F)c2)C(=O)/C1=C/c1cccs1. The van der Waals surface area contributed by atoms with E-state index in [2.05, 4.69) is 5.32 Å². The number of amides is 4. The van der Waals surface area contributed by atoms with Crippen molar-refractivity contribution in [2.24, 2.45) is 0 Å². The van der Waals surface area contributed by atoms with Crippen molar-refractivity contribution in [3.05, 3.63) is 58.0 Å². The first-order valence-electron chi connectivity index (χ1n) is 6.27. The fourth-order valence-corrected chi connectivity index (χ4v) is 2.68. The van der Waals surface area contributed by atoms with E-state index in [1.54, 1.807) is 17.5 Å². The van der Waals surface area contributed by atoms with Crippen molar-refractivity contribution in [1.82, 2.24) is 5.32 Å². The Morgan fingerprint density at radius 1 is 1.14 bits per heavy atom. The van der Waals surface area contributed by atoms with Gasteiger partial charge in [-0.15, -0.1) is 11.3 Å². The molecule has 1 fully saturated rings. The molecule has 1 N–H and O–H groups in total. The maximum Gasteiger partial charge on any atom is 0.335 e. The molecule has 0 aliphatic carbocycles. The Hall–Kier alpha value is -2.80. The zero-order chi connectivity index (χ0) is 15.7. The second kappa shape index (κ2) is 5.53. The number of rotatable bonds is 2. The molecule has 1 aromatic heterocycles. The highest BCUT2D eigenvalue weighted by molar-refractivity contribution is 7.10. The fraction of sp³-hybridized carbons (Fsp3) is 0. The molecule has 4 amide bonds. The maximum absolute atomic E-state index is 13.3. The van der Waals surface area contributed by atoms with Gasteiger partial charge in [0.1, 0.15) is 11.4 Å². The van der Waals surface area contributed by atoms with Crippen LogP contribution in [0.1, 0.15) is 4.88 Å². The van der Waals surface area contributed by atoms with Gasteiger partial charge in [0, 0.05) is 4.88 Å². The number of nitrogens with one attached hydrogen (secondary N) is 1. The van der Waals surface area contributed by atoms with Gasteiger partial charge in [-0.2, -0.15) is 0 Å². The van der Waals surface area contributed by atoms with Crippen LogP contribution in [-0.4, -0.2) is 17.8 Å². The number of barbiturate groups is 1. The van der Waals surface area contributed by atoms with Crippen molar-refractivity contribution in [1.29, 1.82) is 0 Å². The number of hydrogen-bond donors (Lipinski definition) is 1. The quantitative estimate of drug-likeness (QED) is 0.684. The molecule has 1 aromatic carbocycles. The second-order valence-corrected chi connectivity index (χ2v) is 5.43. The fourth-order valence-electron chi connectivity index (χ4n) is 2.02. The van der Waals surface area contributed by atoms with Gasteiger partial charge in [-0.05, 0) is 35.7 Å². The van der Waals surface area contributed by atoms with Crippen molar-refractivity contribution in [3.8, 4) is 0 Å². The summed E-state index contributed by atoms with van der Waals surface area (Å²) >= 11 is 1.35. The highest BCUT2D eigenvalue weighted by Gasteiger charge is 2.36. The van der Waals surface area contributed by atoms with E-state index >= 15 is 0 Å². The third kappa shape index (κ3) is 2.53. The van der Waals surface area contributed by atoms with Crippen molar-refractivity contribution in [2.75, 3.05) is 4.90 Å². The third-order valence-electron chi connectivity index (χ3n) is 3.00. The Balaban J connectivity index is 2.03. The number of benzene rings is 1. The predicted molar refractivity (Wildman–Crippen MR) is 79.7 cm³/mol. The molecule has 110 valence electrons. The zero-order valence-electron chi connectivity index (χ0n) is 11.1. The van der Waals surface area contributed by atoms with Gasteiger partial charge in [-0.25, -0.2) is 14.1 Å². The molecule has 0 radical (unpaired) electrons. The highest BCUT2D eigenvalue weighted by atomic mass is 32.1. The maximum atomic E-state index is 13.3. The standard InChI is InChI=1S/C15H9FN2O3S/c16-9-3-1-4-10(7-9)18-14(20)12(13(19)17-15(18)21)8-11-5-2-6-22-11/h1-8H,(H,17,19,21)/b12-8+. The van der Waals surface area contributed by atoms with Crippen LogP contribution in [0.15, 0.2) is 47.4 Å². The summed E-state index contributed by atoms with van der Waals surface area (Å²) in [7, 11) is 0. The van der Waals surface area contributed by atoms with Crippen molar-refractivity contribution in [3.63, 3.8) is 0 Å². The molecule has 1 aliphatic heterocycles. The van der Waals surface area contributed by atoms with Crippen molar-refractivity contribution in [2.45, 2.75) is 0 Å². The summed E-state index contributed by atoms with van der Waals surface area (Å²) in [6.07, 6.45) is 1.40. The molecule has 2 aromatic rings. The molecule has 0 spiro atoms. The van der Waals surface area contributed by atoms with E-state index in [-0.39, 0.29) is 11.3 Å². The number of imide groups is 2. The van der Waals surface area contributed by atoms with Crippen LogP contribution in [0.25, 0.3) is 6.08 Å². The number of hydrogen-bond acceptors (Lipinski definition) is 4. The van der Waals surface area contributed by atoms with E-state index in [4.69, 9.17) is 0 Å². The van der Waals surface area contributed by atoms with E-state index in [1.807, 2.05) is 0 Å². The Morgan fingerprint density at radius 2 is 1.95 bits per heavy atom. The van der Waals surface area contributed by atoms with Crippen molar-refractivity contribution >= 4 is 40.9 Å². The Kier molecular flexibility index (Phi) is 3.56. The normalized spacial score (nSPS) is 17.0. The zero-order valence-corrected chi connectivity index (χ0v) is 11.9. The number of carbonyl (C=O) groups is 3. The minimum Gasteiger partial charge on any atom is -0.273 e. The first kappa shape index (κ1) is 14.2. The molecular formula is C15H9FN2O3S. The lowest BCUT2D eigenvalue weighted by molar-refractivity contribution is -0.122. The summed E-state index contributed by atoms with van der Waals surface area (Å²) in [5.41, 5.74) is -0.113. The lowest BCUT2D eigenvalue weighted by atomic mass is 10.1. The molecule has 7 heteroatoms. The van der Waals surface area contributed by atoms with Crippen LogP contribution < -0.4 is 10.2 Å². The van der Waals surface area contributed by atoms with Crippen LogP contribution in [0.2, 0.25) is 0 Å². The molecule has 0 unspecified atom stereocenters. The second-order valence-electron chi connectivity index (χ2n) is 4.45. The van der Waals surface area contributed by atoms with E-state index in [1.165, 1.54) is 35.6 Å². The Labute approximate surface area is 128 Å². The minimum atomic E-state index is -0.899. The lowest BCUT2D eigenvalue weighted by Crippen LogP contribution is -2.54. The minimum absolute atomic E-state index is 0.0621. The molecule has 1 saturated heterocycles. The first-order chi connectivity index (χ1) is 10.6. The average Bonchev–Trinajstić information content (AvgIpc) is 2.96. The molecule has 2 heterocycles. The molecule has 0 bridgehead atoms. The summed E-state index contributed by atoms with van der Waals surface area (Å²) in [6.45, 7) is 0. The van der Waals surface area contributed by atoms with Crippen molar-refractivity contribution < 1.29 is 18.8 Å². The summed E-state index contributed by atoms with van der Waals surface area (Å²) < 4.78 is 13.3. The number of anilines is 1. The van der Waals surface area contributed by atoms with Crippen LogP contribution in [0.4, 0.5) is 14.9 Å². The molecule has 0 saturated carbocycles. The Morgan fingerprint density at radius 3 is 2.64 bits per heavy atom. The summed E-state index contributed by atoms with van der Waals surface area (Å²) in [6, 6.07) is 7.66. The van der Waals surface area contributed by atoms with Gasteiger partial charge in [0.2, 0.25) is 0 Å². The largest absolute Gasteiger partial charge is 0.335 e. The summed E-state index contributed by atoms with van der Waals surface area (Å²) in [5.74, 6) is -2.14. The van der Waals surface area contributed by atoms with Crippen LogP contribution in [-0.2, 0) is 9.59 Å². The molecule has 1 aliphatic rings. The number of thiophene rings is 1. The average molecular weight is 316 g/mol. The van der Waals surface area contributed by atoms with Crippen LogP contribution in [0.5, 0.6) is 0 Å². The Bertz CT molecular complexity index is 799. The van der Waals surface area contributed by atoms with E-state index in [0.29, 0.717) is 4.88 Å². The molecule has 0 atom stereocenters. The number of nitrogens with zero attached hydrogens (tertiary/aromatic N) is 1. The molecule has 5 nitrogen and oxygen atoms in total. The predicted octanol–water partition coefficient (Wildman–Crippen LogP) is 2.55.